The average Bonchev–Trinajstić information content (AvgIpc) is 2.74. The van der Waals surface area contributed by atoms with E-state index < -0.39 is 5.97 Å². The largest absolute Gasteiger partial charge is 0.481 e. The van der Waals surface area contributed by atoms with Crippen molar-refractivity contribution in [2.75, 3.05) is 0 Å². The van der Waals surface area contributed by atoms with E-state index in [4.69, 9.17) is 5.11 Å². The van der Waals surface area contributed by atoms with Crippen molar-refractivity contribution in [2.45, 2.75) is 12.8 Å². The molecule has 0 amide bonds. The highest BCUT2D eigenvalue weighted by molar-refractivity contribution is 9.10. The van der Waals surface area contributed by atoms with Gasteiger partial charge in [-0.3, -0.25) is 9.89 Å². The number of nitrogens with zero attached hydrogens (tertiary/aromatic N) is 1. The van der Waals surface area contributed by atoms with Gasteiger partial charge in [-0.15, -0.1) is 0 Å². The van der Waals surface area contributed by atoms with Crippen LogP contribution in [0.3, 0.4) is 0 Å². The Hall–Kier alpha value is -1.62. The molecule has 0 unspecified atom stereocenters. The molecule has 2 N–H and O–H groups in total. The molecule has 4 nitrogen and oxygen atoms in total. The van der Waals surface area contributed by atoms with Gasteiger partial charge in [0, 0.05) is 16.5 Å². The van der Waals surface area contributed by atoms with Gasteiger partial charge < -0.3 is 5.11 Å². The van der Waals surface area contributed by atoms with Crippen LogP contribution in [0.2, 0.25) is 0 Å². The molecule has 0 atom stereocenters. The molecule has 5 heteroatoms. The number of hydrogen-bond donors (Lipinski definition) is 2. The molecular weight excluding hydrogens is 284 g/mol. The van der Waals surface area contributed by atoms with Gasteiger partial charge in [0.15, 0.2) is 0 Å². The zero-order chi connectivity index (χ0) is 12.3. The molecule has 0 spiro atoms. The number of carbonyl (C=O) groups is 1. The lowest BCUT2D eigenvalue weighted by Crippen LogP contribution is -1.97. The van der Waals surface area contributed by atoms with Crippen LogP contribution in [0.4, 0.5) is 0 Å². The second-order valence-electron chi connectivity index (χ2n) is 3.67. The van der Waals surface area contributed by atoms with E-state index in [1.54, 1.807) is 6.20 Å². The molecule has 17 heavy (non-hydrogen) atoms. The Morgan fingerprint density at radius 1 is 1.47 bits per heavy atom. The van der Waals surface area contributed by atoms with E-state index in [1.165, 1.54) is 0 Å². The number of aromatic nitrogens is 2. The van der Waals surface area contributed by atoms with E-state index in [9.17, 15) is 4.79 Å². The van der Waals surface area contributed by atoms with Gasteiger partial charge in [0.25, 0.3) is 0 Å². The van der Waals surface area contributed by atoms with Gasteiger partial charge in [-0.1, -0.05) is 28.1 Å². The number of H-pyrrole nitrogens is 1. The Labute approximate surface area is 107 Å². The molecule has 2 rings (SSSR count). The number of aryl methyl sites for hydroxylation is 1. The minimum Gasteiger partial charge on any atom is -0.481 e. The molecule has 1 aromatic heterocycles. The third-order valence-corrected chi connectivity index (χ3v) is 2.93. The van der Waals surface area contributed by atoms with E-state index in [0.717, 1.165) is 21.3 Å². The predicted octanol–water partition coefficient (Wildman–Crippen LogP) is 2.86. The van der Waals surface area contributed by atoms with E-state index in [0.29, 0.717) is 6.42 Å². The summed E-state index contributed by atoms with van der Waals surface area (Å²) in [7, 11) is 0. The molecule has 88 valence electrons. The summed E-state index contributed by atoms with van der Waals surface area (Å²) in [6.07, 6.45) is 2.27. The predicted molar refractivity (Wildman–Crippen MR) is 67.7 cm³/mol. The molecule has 1 aromatic carbocycles. The molecule has 2 aromatic rings. The van der Waals surface area contributed by atoms with Crippen LogP contribution in [-0.2, 0) is 11.2 Å². The molecule has 0 bridgehead atoms. The number of hydrogen-bond acceptors (Lipinski definition) is 2. The number of carboxylic acids is 1. The van der Waals surface area contributed by atoms with Gasteiger partial charge in [0.2, 0.25) is 0 Å². The second kappa shape index (κ2) is 5.14. The lowest BCUT2D eigenvalue weighted by atomic mass is 10.1. The molecule has 0 radical (unpaired) electrons. The first-order valence-corrected chi connectivity index (χ1v) is 5.96. The van der Waals surface area contributed by atoms with Crippen molar-refractivity contribution in [1.82, 2.24) is 10.2 Å². The van der Waals surface area contributed by atoms with Crippen LogP contribution in [0.1, 0.15) is 12.0 Å². The maximum absolute atomic E-state index is 10.6. The first-order chi connectivity index (χ1) is 8.16. The zero-order valence-electron chi connectivity index (χ0n) is 8.98. The van der Waals surface area contributed by atoms with Crippen LogP contribution < -0.4 is 0 Å². The molecule has 0 saturated carbocycles. The fourth-order valence-electron chi connectivity index (χ4n) is 1.64. The smallest absolute Gasteiger partial charge is 0.303 e. The minimum atomic E-state index is -0.800. The average molecular weight is 295 g/mol. The SMILES string of the molecule is O=C(O)CCc1cn[nH]c1-c1cccc(Br)c1. The van der Waals surface area contributed by atoms with E-state index in [-0.39, 0.29) is 6.42 Å². The van der Waals surface area contributed by atoms with Gasteiger partial charge >= 0.3 is 5.97 Å². The van der Waals surface area contributed by atoms with Crippen LogP contribution in [0, 0.1) is 0 Å². The van der Waals surface area contributed by atoms with E-state index >= 15 is 0 Å². The quantitative estimate of drug-likeness (QED) is 0.911. The van der Waals surface area contributed by atoms with Gasteiger partial charge in [0.1, 0.15) is 0 Å². The number of halogens is 1. The first kappa shape index (κ1) is 11.9. The molecule has 0 aliphatic heterocycles. The Morgan fingerprint density at radius 3 is 3.00 bits per heavy atom. The van der Waals surface area contributed by atoms with Crippen molar-refractivity contribution in [2.24, 2.45) is 0 Å². The lowest BCUT2D eigenvalue weighted by molar-refractivity contribution is -0.136. The minimum absolute atomic E-state index is 0.112. The topological polar surface area (TPSA) is 66.0 Å². The van der Waals surface area contributed by atoms with E-state index in [2.05, 4.69) is 26.1 Å². The maximum Gasteiger partial charge on any atom is 0.303 e. The van der Waals surface area contributed by atoms with Crippen molar-refractivity contribution in [1.29, 1.82) is 0 Å². The van der Waals surface area contributed by atoms with Crippen molar-refractivity contribution < 1.29 is 9.90 Å². The van der Waals surface area contributed by atoms with Crippen LogP contribution in [0.5, 0.6) is 0 Å². The normalized spacial score (nSPS) is 10.4. The Bertz CT molecular complexity index is 537. The number of nitrogens with one attached hydrogen (secondary N) is 1. The maximum atomic E-state index is 10.6. The fraction of sp³-hybridized carbons (Fsp3) is 0.167. The van der Waals surface area contributed by atoms with E-state index in [1.807, 2.05) is 24.3 Å². The van der Waals surface area contributed by atoms with Crippen LogP contribution in [0.25, 0.3) is 11.3 Å². The van der Waals surface area contributed by atoms with Crippen molar-refractivity contribution in [3.8, 4) is 11.3 Å². The highest BCUT2D eigenvalue weighted by Crippen LogP contribution is 2.24. The molecule has 1 heterocycles. The monoisotopic (exact) mass is 294 g/mol. The second-order valence-corrected chi connectivity index (χ2v) is 4.59. The zero-order valence-corrected chi connectivity index (χ0v) is 10.6. The molecule has 0 saturated heterocycles. The third-order valence-electron chi connectivity index (χ3n) is 2.44. The summed E-state index contributed by atoms with van der Waals surface area (Å²) in [5, 5.41) is 15.6. The Balaban J connectivity index is 2.27. The number of rotatable bonds is 4. The molecule has 0 fully saturated rings. The summed E-state index contributed by atoms with van der Waals surface area (Å²) in [5.74, 6) is -0.800. The fourth-order valence-corrected chi connectivity index (χ4v) is 2.04. The summed E-state index contributed by atoms with van der Waals surface area (Å²) in [6.45, 7) is 0. The van der Waals surface area contributed by atoms with Crippen molar-refractivity contribution in [3.05, 3.63) is 40.5 Å². The van der Waals surface area contributed by atoms with Gasteiger partial charge in [-0.05, 0) is 24.1 Å². The van der Waals surface area contributed by atoms with Crippen molar-refractivity contribution >= 4 is 21.9 Å². The molecule has 0 aliphatic rings. The summed E-state index contributed by atoms with van der Waals surface area (Å²) in [4.78, 5) is 10.6. The summed E-state index contributed by atoms with van der Waals surface area (Å²) < 4.78 is 0.980. The Kier molecular flexibility index (Phi) is 3.58. The first-order valence-electron chi connectivity index (χ1n) is 5.17. The number of carboxylic acid groups (broad SMARTS) is 1. The highest BCUT2D eigenvalue weighted by atomic mass is 79.9. The lowest BCUT2D eigenvalue weighted by Gasteiger charge is -2.02. The summed E-state index contributed by atoms with van der Waals surface area (Å²) in [6, 6.07) is 7.80. The third kappa shape index (κ3) is 2.94. The number of benzene rings is 1. The Morgan fingerprint density at radius 2 is 2.29 bits per heavy atom. The summed E-state index contributed by atoms with van der Waals surface area (Å²) >= 11 is 3.41. The molecule has 0 aliphatic carbocycles. The molecular formula is C12H11BrN2O2. The van der Waals surface area contributed by atoms with Gasteiger partial charge in [0.05, 0.1) is 11.9 Å². The van der Waals surface area contributed by atoms with Crippen LogP contribution in [0.15, 0.2) is 34.9 Å². The van der Waals surface area contributed by atoms with Gasteiger partial charge in [-0.25, -0.2) is 0 Å². The van der Waals surface area contributed by atoms with Crippen LogP contribution >= 0.6 is 15.9 Å². The summed E-state index contributed by atoms with van der Waals surface area (Å²) in [5.41, 5.74) is 2.80. The number of aromatic amines is 1. The standard InChI is InChI=1S/C12H11BrN2O2/c13-10-3-1-2-8(6-10)12-9(7-14-15-12)4-5-11(16)17/h1-3,6-7H,4-5H2,(H,14,15)(H,16,17). The van der Waals surface area contributed by atoms with Crippen LogP contribution in [-0.4, -0.2) is 21.3 Å². The van der Waals surface area contributed by atoms with Crippen molar-refractivity contribution in [3.63, 3.8) is 0 Å². The number of aliphatic carboxylic acids is 1. The van der Waals surface area contributed by atoms with Gasteiger partial charge in [-0.2, -0.15) is 5.10 Å². The highest BCUT2D eigenvalue weighted by Gasteiger charge is 2.09.